The number of methoxy groups -OCH3 is 1. The summed E-state index contributed by atoms with van der Waals surface area (Å²) < 4.78 is 12.1. The van der Waals surface area contributed by atoms with Crippen molar-refractivity contribution in [3.05, 3.63) is 34.5 Å². The van der Waals surface area contributed by atoms with Crippen molar-refractivity contribution in [3.8, 4) is 11.5 Å². The minimum atomic E-state index is -0.0655. The van der Waals surface area contributed by atoms with E-state index in [2.05, 4.69) is 27.8 Å². The quantitative estimate of drug-likeness (QED) is 0.281. The molecule has 0 N–H and O–H groups in total. The molecule has 0 radical (unpaired) electrons. The fourth-order valence-electron chi connectivity index (χ4n) is 4.80. The summed E-state index contributed by atoms with van der Waals surface area (Å²) in [7, 11) is 1.65. The molecular weight excluding hydrogens is 534 g/mol. The zero-order valence-corrected chi connectivity index (χ0v) is 24.8. The molecule has 37 heavy (non-hydrogen) atoms. The summed E-state index contributed by atoms with van der Waals surface area (Å²) in [5.41, 5.74) is 3.70. The smallest absolute Gasteiger partial charge is 0.272 e. The summed E-state index contributed by atoms with van der Waals surface area (Å²) in [4.78, 5) is 34.8. The van der Waals surface area contributed by atoms with Crippen LogP contribution in [0.5, 0.6) is 11.5 Å². The van der Waals surface area contributed by atoms with Gasteiger partial charge in [-0.25, -0.2) is 4.99 Å². The van der Waals surface area contributed by atoms with Crippen LogP contribution in [0.4, 0.5) is 0 Å². The van der Waals surface area contributed by atoms with Gasteiger partial charge in [0.25, 0.3) is 5.91 Å². The molecule has 1 heterocycles. The van der Waals surface area contributed by atoms with Crippen LogP contribution in [0.15, 0.2) is 28.4 Å². The number of amides is 2. The first-order chi connectivity index (χ1) is 17.6. The topological polar surface area (TPSA) is 71.4 Å². The molecule has 1 aromatic rings. The molecule has 1 saturated carbocycles. The molecule has 0 unspecified atom stereocenters. The number of carbonyl (C=O) groups is 2. The number of hydrogen-bond acceptors (Lipinski definition) is 5. The van der Waals surface area contributed by atoms with Crippen LogP contribution < -0.4 is 9.47 Å². The van der Waals surface area contributed by atoms with Crippen LogP contribution in [-0.4, -0.2) is 65.6 Å². The van der Waals surface area contributed by atoms with Gasteiger partial charge in [-0.1, -0.05) is 6.42 Å². The first-order valence-electron chi connectivity index (χ1n) is 13.4. The highest BCUT2D eigenvalue weighted by Crippen LogP contribution is 2.33. The summed E-state index contributed by atoms with van der Waals surface area (Å²) in [6.45, 7) is 12.4. The third-order valence-corrected chi connectivity index (χ3v) is 7.35. The fraction of sp³-hybridized carbons (Fsp3) is 0.621. The number of carbonyl (C=O) groups excluding carboxylic acids is 2. The number of aliphatic imine (C=N–C) groups is 1. The van der Waals surface area contributed by atoms with E-state index in [1.54, 1.807) is 7.11 Å². The third-order valence-electron chi connectivity index (χ3n) is 7.18. The van der Waals surface area contributed by atoms with E-state index in [-0.39, 0.29) is 23.8 Å². The zero-order chi connectivity index (χ0) is 27.1. The van der Waals surface area contributed by atoms with Crippen LogP contribution in [0.25, 0.3) is 0 Å². The van der Waals surface area contributed by atoms with Gasteiger partial charge >= 0.3 is 0 Å². The van der Waals surface area contributed by atoms with Crippen molar-refractivity contribution < 1.29 is 19.1 Å². The zero-order valence-electron chi connectivity index (χ0n) is 23.2. The lowest BCUT2D eigenvalue weighted by molar-refractivity contribution is -0.138. The maximum absolute atomic E-state index is 13.6. The second-order valence-corrected chi connectivity index (χ2v) is 11.6. The van der Waals surface area contributed by atoms with Crippen molar-refractivity contribution in [3.63, 3.8) is 0 Å². The largest absolute Gasteiger partial charge is 0.493 e. The van der Waals surface area contributed by atoms with Crippen LogP contribution in [0.1, 0.15) is 70.9 Å². The Labute approximate surface area is 230 Å². The number of ether oxygens (including phenoxy) is 2. The Morgan fingerprint density at radius 1 is 1.05 bits per heavy atom. The molecule has 2 amide bonds. The minimum absolute atomic E-state index is 0.0608. The van der Waals surface area contributed by atoms with Gasteiger partial charge in [0.2, 0.25) is 5.91 Å². The second-order valence-electron chi connectivity index (χ2n) is 10.4. The molecule has 2 aliphatic rings. The van der Waals surface area contributed by atoms with Gasteiger partial charge in [0, 0.05) is 32.1 Å². The maximum atomic E-state index is 13.6. The number of aryl methyl sites for hydroxylation is 2. The first kappa shape index (κ1) is 29.2. The highest BCUT2D eigenvalue weighted by molar-refractivity contribution is 9.18. The Morgan fingerprint density at radius 3 is 2.32 bits per heavy atom. The fourth-order valence-corrected chi connectivity index (χ4v) is 4.98. The molecule has 204 valence electrons. The van der Waals surface area contributed by atoms with E-state index in [0.717, 1.165) is 61.1 Å². The lowest BCUT2D eigenvalue weighted by Gasteiger charge is -2.31. The van der Waals surface area contributed by atoms with Gasteiger partial charge in [0.1, 0.15) is 5.70 Å². The Bertz CT molecular complexity index is 1040. The van der Waals surface area contributed by atoms with E-state index in [9.17, 15) is 9.59 Å². The molecule has 0 bridgehead atoms. The summed E-state index contributed by atoms with van der Waals surface area (Å²) in [6.07, 6.45) is 5.45. The van der Waals surface area contributed by atoms with Crippen molar-refractivity contribution >= 4 is 32.4 Å². The molecule has 0 aromatic heterocycles. The third kappa shape index (κ3) is 7.82. The van der Waals surface area contributed by atoms with Crippen molar-refractivity contribution in [2.75, 3.05) is 33.3 Å². The summed E-state index contributed by atoms with van der Waals surface area (Å²) in [5.74, 6) is 1.84. The van der Waals surface area contributed by atoms with E-state index in [1.807, 2.05) is 49.6 Å². The predicted octanol–water partition coefficient (Wildman–Crippen LogP) is 5.67. The Morgan fingerprint density at radius 2 is 1.73 bits per heavy atom. The van der Waals surface area contributed by atoms with E-state index in [1.165, 1.54) is 0 Å². The van der Waals surface area contributed by atoms with Crippen molar-refractivity contribution in [2.24, 2.45) is 10.9 Å². The lowest BCUT2D eigenvalue weighted by Crippen LogP contribution is -2.41. The van der Waals surface area contributed by atoms with Gasteiger partial charge in [-0.3, -0.25) is 9.59 Å². The number of benzene rings is 1. The van der Waals surface area contributed by atoms with Gasteiger partial charge in [-0.05, 0) is 111 Å². The van der Waals surface area contributed by atoms with E-state index in [0.29, 0.717) is 42.1 Å². The standard InChI is InChI=1S/C29H42BrN3O4/c1-19(2)37-26-17-21(4)24(18-25(26)36-6)12-11-20(3)27(31-22(5)30)29(35)33-14-8-13-32(15-16-33)28(34)23-9-7-10-23/h17-19,23H,7-16H2,1-6H3/b27-20+,31-22+. The summed E-state index contributed by atoms with van der Waals surface area (Å²) in [5, 5.41) is 0. The van der Waals surface area contributed by atoms with Crippen molar-refractivity contribution in [1.29, 1.82) is 0 Å². The van der Waals surface area contributed by atoms with Gasteiger partial charge in [0.05, 0.1) is 17.8 Å². The molecule has 3 rings (SSSR count). The van der Waals surface area contributed by atoms with Gasteiger partial charge in [0.15, 0.2) is 11.5 Å². The molecule has 1 saturated heterocycles. The Balaban J connectivity index is 1.74. The molecule has 0 atom stereocenters. The van der Waals surface area contributed by atoms with Crippen molar-refractivity contribution in [2.45, 2.75) is 79.2 Å². The molecule has 1 aliphatic carbocycles. The molecule has 2 fully saturated rings. The second kappa shape index (κ2) is 13.4. The van der Waals surface area contributed by atoms with Gasteiger partial charge < -0.3 is 19.3 Å². The van der Waals surface area contributed by atoms with Crippen LogP contribution in [0.2, 0.25) is 0 Å². The van der Waals surface area contributed by atoms with Crippen molar-refractivity contribution in [1.82, 2.24) is 9.80 Å². The Hall–Kier alpha value is -2.35. The number of halogens is 1. The highest BCUT2D eigenvalue weighted by Gasteiger charge is 2.31. The number of hydrogen-bond donors (Lipinski definition) is 0. The molecule has 1 aliphatic heterocycles. The minimum Gasteiger partial charge on any atom is -0.493 e. The molecular formula is C29H42BrN3O4. The van der Waals surface area contributed by atoms with Gasteiger partial charge in [-0.15, -0.1) is 0 Å². The average molecular weight is 577 g/mol. The lowest BCUT2D eigenvalue weighted by atomic mass is 9.84. The van der Waals surface area contributed by atoms with Gasteiger partial charge in [-0.2, -0.15) is 0 Å². The van der Waals surface area contributed by atoms with Crippen LogP contribution >= 0.6 is 15.9 Å². The number of rotatable bonds is 9. The summed E-state index contributed by atoms with van der Waals surface area (Å²) >= 11 is 3.43. The number of nitrogens with zero attached hydrogens (tertiary/aromatic N) is 3. The van der Waals surface area contributed by atoms with Crippen LogP contribution in [0, 0.1) is 12.8 Å². The normalized spacial score (nSPS) is 17.8. The molecule has 8 heteroatoms. The number of allylic oxidation sites excluding steroid dienone is 1. The SMILES string of the molecule is COc1cc(CC/C(C)=C(/N=C(\C)Br)C(=O)N2CCCN(C(=O)C3CCC3)CC2)c(C)cc1OC(C)C. The molecule has 7 nitrogen and oxygen atoms in total. The Kier molecular flexibility index (Phi) is 10.6. The molecule has 1 aromatic carbocycles. The van der Waals surface area contributed by atoms with Crippen LogP contribution in [0.3, 0.4) is 0 Å². The average Bonchev–Trinajstić information content (AvgIpc) is 3.06. The highest BCUT2D eigenvalue weighted by atomic mass is 79.9. The summed E-state index contributed by atoms with van der Waals surface area (Å²) in [6, 6.07) is 4.05. The predicted molar refractivity (Wildman–Crippen MR) is 152 cm³/mol. The van der Waals surface area contributed by atoms with Crippen LogP contribution in [-0.2, 0) is 16.0 Å². The van der Waals surface area contributed by atoms with E-state index < -0.39 is 0 Å². The van der Waals surface area contributed by atoms with E-state index in [4.69, 9.17) is 9.47 Å². The monoisotopic (exact) mass is 575 g/mol. The first-order valence-corrected chi connectivity index (χ1v) is 14.2. The molecule has 0 spiro atoms. The maximum Gasteiger partial charge on any atom is 0.272 e. The van der Waals surface area contributed by atoms with E-state index >= 15 is 0 Å².